The van der Waals surface area contributed by atoms with E-state index in [-0.39, 0.29) is 5.91 Å². The molecule has 3 aromatic rings. The Kier molecular flexibility index (Phi) is 5.86. The molecule has 0 aromatic heterocycles. The van der Waals surface area contributed by atoms with Crippen LogP contribution in [0.2, 0.25) is 0 Å². The smallest absolute Gasteiger partial charge is 0.326 e. The molecule has 1 heterocycles. The molecule has 1 atom stereocenters. The third-order valence-electron chi connectivity index (χ3n) is 6.69. The number of likely N-dealkylation sites (tertiary alicyclic amines) is 1. The molecule has 0 unspecified atom stereocenters. The number of aliphatic carboxylic acids is 1. The predicted molar refractivity (Wildman–Crippen MR) is 126 cm³/mol. The zero-order chi connectivity index (χ0) is 22.8. The second kappa shape index (κ2) is 9.10. The van der Waals surface area contributed by atoms with Crippen LogP contribution >= 0.6 is 0 Å². The number of aryl methyl sites for hydroxylation is 1. The van der Waals surface area contributed by atoms with E-state index in [0.717, 1.165) is 17.7 Å². The van der Waals surface area contributed by atoms with Gasteiger partial charge >= 0.3 is 5.97 Å². The van der Waals surface area contributed by atoms with Crippen molar-refractivity contribution in [1.29, 1.82) is 0 Å². The van der Waals surface area contributed by atoms with Crippen LogP contribution in [-0.2, 0) is 24.2 Å². The highest BCUT2D eigenvalue weighted by molar-refractivity contribution is 5.97. The summed E-state index contributed by atoms with van der Waals surface area (Å²) in [5.41, 5.74) is 6.81. The van der Waals surface area contributed by atoms with E-state index < -0.39 is 12.0 Å². The highest BCUT2D eigenvalue weighted by Gasteiger charge is 2.34. The molecule has 5 heteroatoms. The number of rotatable bonds is 6. The average molecular weight is 442 g/mol. The van der Waals surface area contributed by atoms with Crippen molar-refractivity contribution >= 4 is 11.9 Å². The van der Waals surface area contributed by atoms with E-state index in [1.165, 1.54) is 40.0 Å². The Morgan fingerprint density at radius 2 is 1.79 bits per heavy atom. The van der Waals surface area contributed by atoms with E-state index in [4.69, 9.17) is 4.74 Å². The highest BCUT2D eigenvalue weighted by atomic mass is 16.5. The van der Waals surface area contributed by atoms with E-state index in [1.807, 2.05) is 24.3 Å². The lowest BCUT2D eigenvalue weighted by Crippen LogP contribution is -2.40. The minimum Gasteiger partial charge on any atom is -0.489 e. The number of carboxylic acid groups (broad SMARTS) is 1. The largest absolute Gasteiger partial charge is 0.489 e. The lowest BCUT2D eigenvalue weighted by molar-refractivity contribution is -0.141. The Morgan fingerprint density at radius 3 is 2.61 bits per heavy atom. The van der Waals surface area contributed by atoms with Crippen molar-refractivity contribution in [3.63, 3.8) is 0 Å². The third-order valence-corrected chi connectivity index (χ3v) is 6.69. The SMILES string of the molecule is O=C(O)[C@@H]1CCCN1C(=O)c1cccc(COc2ccc(-c3cccc4c3CCC4)cc2)c1. The Labute approximate surface area is 193 Å². The molecule has 1 aliphatic carbocycles. The number of benzene rings is 3. The van der Waals surface area contributed by atoms with Gasteiger partial charge in [0.2, 0.25) is 0 Å². The molecule has 1 saturated heterocycles. The molecule has 3 aromatic carbocycles. The maximum absolute atomic E-state index is 12.9. The van der Waals surface area contributed by atoms with Crippen LogP contribution in [0.5, 0.6) is 5.75 Å². The van der Waals surface area contributed by atoms with E-state index in [9.17, 15) is 14.7 Å². The average Bonchev–Trinajstić information content (AvgIpc) is 3.52. The van der Waals surface area contributed by atoms with E-state index in [1.54, 1.807) is 12.1 Å². The minimum absolute atomic E-state index is 0.235. The van der Waals surface area contributed by atoms with Crippen molar-refractivity contribution in [2.45, 2.75) is 44.8 Å². The van der Waals surface area contributed by atoms with Gasteiger partial charge in [0.15, 0.2) is 0 Å². The van der Waals surface area contributed by atoms with Crippen LogP contribution in [0, 0.1) is 0 Å². The molecule has 1 fully saturated rings. The molecule has 1 amide bonds. The molecular weight excluding hydrogens is 414 g/mol. The molecule has 5 rings (SSSR count). The number of carboxylic acids is 1. The first-order valence-electron chi connectivity index (χ1n) is 11.6. The van der Waals surface area contributed by atoms with Crippen LogP contribution in [0.25, 0.3) is 11.1 Å². The fourth-order valence-corrected chi connectivity index (χ4v) is 5.01. The van der Waals surface area contributed by atoms with Gasteiger partial charge in [0.05, 0.1) is 0 Å². The zero-order valence-corrected chi connectivity index (χ0v) is 18.5. The van der Waals surface area contributed by atoms with Crippen LogP contribution in [0.4, 0.5) is 0 Å². The first kappa shape index (κ1) is 21.3. The Bertz CT molecular complexity index is 1180. The topological polar surface area (TPSA) is 66.8 Å². The molecule has 1 aliphatic heterocycles. The van der Waals surface area contributed by atoms with Gasteiger partial charge in [-0.3, -0.25) is 4.79 Å². The van der Waals surface area contributed by atoms with Crippen molar-refractivity contribution in [1.82, 2.24) is 4.90 Å². The maximum atomic E-state index is 12.9. The maximum Gasteiger partial charge on any atom is 0.326 e. The number of ether oxygens (including phenoxy) is 1. The summed E-state index contributed by atoms with van der Waals surface area (Å²) in [7, 11) is 0. The summed E-state index contributed by atoms with van der Waals surface area (Å²) < 4.78 is 5.98. The van der Waals surface area contributed by atoms with Crippen molar-refractivity contribution < 1.29 is 19.4 Å². The van der Waals surface area contributed by atoms with E-state index >= 15 is 0 Å². The van der Waals surface area contributed by atoms with Crippen LogP contribution in [0.3, 0.4) is 0 Å². The van der Waals surface area contributed by atoms with E-state index in [2.05, 4.69) is 30.3 Å². The van der Waals surface area contributed by atoms with Gasteiger partial charge in [-0.1, -0.05) is 42.5 Å². The quantitative estimate of drug-likeness (QED) is 0.577. The van der Waals surface area contributed by atoms with Crippen LogP contribution in [0.1, 0.15) is 46.3 Å². The summed E-state index contributed by atoms with van der Waals surface area (Å²) in [5.74, 6) is -0.403. The van der Waals surface area contributed by atoms with Gasteiger partial charge in [-0.25, -0.2) is 4.79 Å². The molecule has 0 spiro atoms. The molecule has 0 radical (unpaired) electrons. The fourth-order valence-electron chi connectivity index (χ4n) is 5.01. The molecule has 1 N–H and O–H groups in total. The Morgan fingerprint density at radius 1 is 0.970 bits per heavy atom. The van der Waals surface area contributed by atoms with Gasteiger partial charge < -0.3 is 14.7 Å². The summed E-state index contributed by atoms with van der Waals surface area (Å²) in [5, 5.41) is 9.37. The number of fused-ring (bicyclic) bond motifs is 1. The van der Waals surface area contributed by atoms with Crippen molar-refractivity contribution in [3.05, 3.63) is 89.0 Å². The van der Waals surface area contributed by atoms with Crippen LogP contribution in [0.15, 0.2) is 66.7 Å². The second-order valence-corrected chi connectivity index (χ2v) is 8.81. The zero-order valence-electron chi connectivity index (χ0n) is 18.5. The summed E-state index contributed by atoms with van der Waals surface area (Å²) >= 11 is 0. The number of hydrogen-bond donors (Lipinski definition) is 1. The van der Waals surface area contributed by atoms with Crippen LogP contribution in [-0.4, -0.2) is 34.5 Å². The predicted octanol–water partition coefficient (Wildman–Crippen LogP) is 5.11. The number of amides is 1. The fraction of sp³-hybridized carbons (Fsp3) is 0.286. The second-order valence-electron chi connectivity index (χ2n) is 8.81. The van der Waals surface area contributed by atoms with Gasteiger partial charge in [-0.15, -0.1) is 0 Å². The summed E-state index contributed by atoms with van der Waals surface area (Å²) in [6, 6.07) is 21.3. The first-order valence-corrected chi connectivity index (χ1v) is 11.6. The first-order chi connectivity index (χ1) is 16.1. The summed E-state index contributed by atoms with van der Waals surface area (Å²) in [6.07, 6.45) is 4.76. The van der Waals surface area contributed by atoms with Gasteiger partial charge in [0, 0.05) is 12.1 Å². The normalized spacial score (nSPS) is 17.1. The Hall–Kier alpha value is -3.60. The molecule has 0 bridgehead atoms. The number of hydrogen-bond acceptors (Lipinski definition) is 3. The lowest BCUT2D eigenvalue weighted by atomic mass is 9.97. The third kappa shape index (κ3) is 4.36. The number of carbonyl (C=O) groups excluding carboxylic acids is 1. The molecular formula is C28H27NO4. The highest BCUT2D eigenvalue weighted by Crippen LogP contribution is 2.33. The van der Waals surface area contributed by atoms with Crippen molar-refractivity contribution in [2.75, 3.05) is 6.54 Å². The standard InChI is InChI=1S/C28H27NO4/c30-27(29-16-4-11-26(29)28(31)32)22-8-1-5-19(17-22)18-33-23-14-12-21(13-15-23)25-10-3-7-20-6-2-9-24(20)25/h1,3,5,7-8,10,12-15,17,26H,2,4,6,9,11,16,18H2,(H,31,32)/t26-/m0/s1. The van der Waals surface area contributed by atoms with Gasteiger partial charge in [-0.2, -0.15) is 0 Å². The number of nitrogens with zero attached hydrogens (tertiary/aromatic N) is 1. The molecule has 33 heavy (non-hydrogen) atoms. The van der Waals surface area contributed by atoms with E-state index in [0.29, 0.717) is 31.6 Å². The van der Waals surface area contributed by atoms with Gasteiger partial charge in [-0.05, 0) is 84.2 Å². The number of carbonyl (C=O) groups is 2. The van der Waals surface area contributed by atoms with Crippen molar-refractivity contribution in [3.8, 4) is 16.9 Å². The summed E-state index contributed by atoms with van der Waals surface area (Å²) in [6.45, 7) is 0.817. The molecule has 168 valence electrons. The summed E-state index contributed by atoms with van der Waals surface area (Å²) in [4.78, 5) is 25.8. The van der Waals surface area contributed by atoms with Gasteiger partial charge in [0.25, 0.3) is 5.91 Å². The minimum atomic E-state index is -0.941. The molecule has 2 aliphatic rings. The molecule has 5 nitrogen and oxygen atoms in total. The van der Waals surface area contributed by atoms with Crippen LogP contribution < -0.4 is 4.74 Å². The molecule has 0 saturated carbocycles. The Balaban J connectivity index is 1.25. The van der Waals surface area contributed by atoms with Crippen molar-refractivity contribution in [2.24, 2.45) is 0 Å². The van der Waals surface area contributed by atoms with Gasteiger partial charge in [0.1, 0.15) is 18.4 Å². The lowest BCUT2D eigenvalue weighted by Gasteiger charge is -2.21. The monoisotopic (exact) mass is 441 g/mol.